The number of ether oxygens (including phenoxy) is 2. The molecule has 5 heteroatoms. The molecule has 1 unspecified atom stereocenters. The molecule has 0 amide bonds. The van der Waals surface area contributed by atoms with Crippen LogP contribution in [-0.2, 0) is 23.9 Å². The molecule has 0 aromatic rings. The van der Waals surface area contributed by atoms with Gasteiger partial charge in [0.1, 0.15) is 0 Å². The molecule has 0 radical (unpaired) electrons. The van der Waals surface area contributed by atoms with Gasteiger partial charge < -0.3 is 9.47 Å². The highest BCUT2D eigenvalue weighted by Crippen LogP contribution is 2.25. The average molecular weight is 212 g/mol. The molecule has 15 heavy (non-hydrogen) atoms. The molecule has 1 aliphatic rings. The molecule has 0 fully saturated rings. The standard InChI is InChI=1S/C10H12O5/c1-14-9(12)7-4-3-6(11)5-8(7)10(13)15-2/h5,7H,3-4H2,1-2H3. The van der Waals surface area contributed by atoms with E-state index in [1.165, 1.54) is 14.2 Å². The summed E-state index contributed by atoms with van der Waals surface area (Å²) in [4.78, 5) is 33.7. The summed E-state index contributed by atoms with van der Waals surface area (Å²) in [5.74, 6) is -2.02. The molecule has 0 spiro atoms. The third-order valence-electron chi connectivity index (χ3n) is 2.28. The Morgan fingerprint density at radius 2 is 2.00 bits per heavy atom. The van der Waals surface area contributed by atoms with Gasteiger partial charge in [-0.05, 0) is 12.5 Å². The van der Waals surface area contributed by atoms with Crippen LogP contribution in [0.4, 0.5) is 0 Å². The molecule has 5 nitrogen and oxygen atoms in total. The van der Waals surface area contributed by atoms with Crippen LogP contribution < -0.4 is 0 Å². The number of carbonyl (C=O) groups excluding carboxylic acids is 3. The van der Waals surface area contributed by atoms with E-state index in [9.17, 15) is 14.4 Å². The summed E-state index contributed by atoms with van der Waals surface area (Å²) in [6.45, 7) is 0. The highest BCUT2D eigenvalue weighted by molar-refractivity contribution is 6.04. The van der Waals surface area contributed by atoms with Gasteiger partial charge in [-0.15, -0.1) is 0 Å². The number of carbonyl (C=O) groups is 3. The first-order valence-electron chi connectivity index (χ1n) is 4.50. The molecule has 0 saturated carbocycles. The predicted octanol–water partition coefficient (Wildman–Crippen LogP) is 0.238. The first-order valence-corrected chi connectivity index (χ1v) is 4.50. The van der Waals surface area contributed by atoms with E-state index >= 15 is 0 Å². The van der Waals surface area contributed by atoms with E-state index < -0.39 is 17.9 Å². The van der Waals surface area contributed by atoms with Crippen molar-refractivity contribution in [2.45, 2.75) is 12.8 Å². The van der Waals surface area contributed by atoms with Crippen LogP contribution in [0.5, 0.6) is 0 Å². The minimum atomic E-state index is -0.680. The Balaban J connectivity index is 2.97. The maximum atomic E-state index is 11.3. The van der Waals surface area contributed by atoms with E-state index in [0.717, 1.165) is 6.08 Å². The lowest BCUT2D eigenvalue weighted by molar-refractivity contribution is -0.148. The molecule has 0 aromatic carbocycles. The van der Waals surface area contributed by atoms with Crippen molar-refractivity contribution in [1.82, 2.24) is 0 Å². The summed E-state index contributed by atoms with van der Waals surface area (Å²) >= 11 is 0. The molecule has 0 aromatic heterocycles. The zero-order valence-electron chi connectivity index (χ0n) is 8.61. The Morgan fingerprint density at radius 1 is 1.33 bits per heavy atom. The molecule has 0 heterocycles. The highest BCUT2D eigenvalue weighted by Gasteiger charge is 2.33. The molecule has 1 aliphatic carbocycles. The van der Waals surface area contributed by atoms with Gasteiger partial charge in [0.2, 0.25) is 0 Å². The lowest BCUT2D eigenvalue weighted by Crippen LogP contribution is -2.28. The maximum Gasteiger partial charge on any atom is 0.334 e. The molecule has 0 N–H and O–H groups in total. The number of allylic oxidation sites excluding steroid dienone is 1. The van der Waals surface area contributed by atoms with Crippen LogP contribution in [0.3, 0.4) is 0 Å². The maximum absolute atomic E-state index is 11.3. The minimum absolute atomic E-state index is 0.0839. The summed E-state index contributed by atoms with van der Waals surface area (Å²) in [6.07, 6.45) is 1.71. The van der Waals surface area contributed by atoms with E-state index in [0.29, 0.717) is 6.42 Å². The highest BCUT2D eigenvalue weighted by atomic mass is 16.5. The van der Waals surface area contributed by atoms with Crippen molar-refractivity contribution < 1.29 is 23.9 Å². The number of hydrogen-bond donors (Lipinski definition) is 0. The summed E-state index contributed by atoms with van der Waals surface area (Å²) in [7, 11) is 2.45. The van der Waals surface area contributed by atoms with Crippen molar-refractivity contribution in [3.05, 3.63) is 11.6 Å². The van der Waals surface area contributed by atoms with E-state index in [1.807, 2.05) is 0 Å². The zero-order valence-corrected chi connectivity index (χ0v) is 8.61. The van der Waals surface area contributed by atoms with Crippen molar-refractivity contribution in [1.29, 1.82) is 0 Å². The SMILES string of the molecule is COC(=O)C1=CC(=O)CCC1C(=O)OC. The van der Waals surface area contributed by atoms with Gasteiger partial charge in [-0.2, -0.15) is 0 Å². The summed E-state index contributed by atoms with van der Waals surface area (Å²) in [5, 5.41) is 0. The first kappa shape index (κ1) is 11.4. The summed E-state index contributed by atoms with van der Waals surface area (Å²) in [6, 6.07) is 0. The second-order valence-electron chi connectivity index (χ2n) is 3.17. The Bertz CT molecular complexity index is 329. The first-order chi connectivity index (χ1) is 7.10. The third-order valence-corrected chi connectivity index (χ3v) is 2.28. The number of ketones is 1. The van der Waals surface area contributed by atoms with Gasteiger partial charge in [0.05, 0.1) is 25.7 Å². The molecule has 0 aliphatic heterocycles. The van der Waals surface area contributed by atoms with E-state index in [-0.39, 0.29) is 17.8 Å². The lowest BCUT2D eigenvalue weighted by Gasteiger charge is -2.19. The fourth-order valence-corrected chi connectivity index (χ4v) is 1.49. The minimum Gasteiger partial charge on any atom is -0.469 e. The van der Waals surface area contributed by atoms with Crippen LogP contribution in [0.1, 0.15) is 12.8 Å². The molecule has 82 valence electrons. The Morgan fingerprint density at radius 3 is 2.53 bits per heavy atom. The van der Waals surface area contributed by atoms with E-state index in [4.69, 9.17) is 0 Å². The van der Waals surface area contributed by atoms with Crippen LogP contribution in [0.15, 0.2) is 11.6 Å². The second-order valence-corrected chi connectivity index (χ2v) is 3.17. The normalized spacial score (nSPS) is 20.5. The monoisotopic (exact) mass is 212 g/mol. The van der Waals surface area contributed by atoms with Gasteiger partial charge in [-0.1, -0.05) is 0 Å². The van der Waals surface area contributed by atoms with Gasteiger partial charge in [0, 0.05) is 6.42 Å². The molecule has 1 atom stereocenters. The van der Waals surface area contributed by atoms with Gasteiger partial charge >= 0.3 is 11.9 Å². The number of methoxy groups -OCH3 is 2. The number of hydrogen-bond acceptors (Lipinski definition) is 5. The van der Waals surface area contributed by atoms with Crippen LogP contribution in [0.25, 0.3) is 0 Å². The fourth-order valence-electron chi connectivity index (χ4n) is 1.49. The van der Waals surface area contributed by atoms with Crippen LogP contribution in [0.2, 0.25) is 0 Å². The van der Waals surface area contributed by atoms with E-state index in [1.54, 1.807) is 0 Å². The van der Waals surface area contributed by atoms with Crippen LogP contribution in [-0.4, -0.2) is 31.9 Å². The molecular weight excluding hydrogens is 200 g/mol. The number of esters is 2. The Labute approximate surface area is 87.0 Å². The summed E-state index contributed by atoms with van der Waals surface area (Å²) in [5.41, 5.74) is 0.0839. The van der Waals surface area contributed by atoms with Crippen LogP contribution >= 0.6 is 0 Å². The van der Waals surface area contributed by atoms with Crippen molar-refractivity contribution in [2.24, 2.45) is 5.92 Å². The van der Waals surface area contributed by atoms with Gasteiger partial charge in [0.25, 0.3) is 0 Å². The van der Waals surface area contributed by atoms with Gasteiger partial charge in [-0.3, -0.25) is 9.59 Å². The largest absolute Gasteiger partial charge is 0.469 e. The molecule has 1 rings (SSSR count). The lowest BCUT2D eigenvalue weighted by atomic mass is 9.87. The topological polar surface area (TPSA) is 69.7 Å². The Hall–Kier alpha value is -1.65. The fraction of sp³-hybridized carbons (Fsp3) is 0.500. The van der Waals surface area contributed by atoms with Crippen molar-refractivity contribution in [3.8, 4) is 0 Å². The average Bonchev–Trinajstić information content (AvgIpc) is 2.26. The van der Waals surface area contributed by atoms with Crippen molar-refractivity contribution >= 4 is 17.7 Å². The van der Waals surface area contributed by atoms with Crippen LogP contribution in [0, 0.1) is 5.92 Å². The quantitative estimate of drug-likeness (QED) is 0.613. The number of rotatable bonds is 2. The van der Waals surface area contributed by atoms with Crippen molar-refractivity contribution in [2.75, 3.05) is 14.2 Å². The predicted molar refractivity (Wildman–Crippen MR) is 49.8 cm³/mol. The van der Waals surface area contributed by atoms with E-state index in [2.05, 4.69) is 9.47 Å². The second kappa shape index (κ2) is 4.72. The molecule has 0 saturated heterocycles. The van der Waals surface area contributed by atoms with Gasteiger partial charge in [-0.25, -0.2) is 4.79 Å². The zero-order chi connectivity index (χ0) is 11.4. The molecular formula is C10H12O5. The Kier molecular flexibility index (Phi) is 3.60. The summed E-state index contributed by atoms with van der Waals surface area (Å²) < 4.78 is 9.05. The van der Waals surface area contributed by atoms with Crippen molar-refractivity contribution in [3.63, 3.8) is 0 Å². The third kappa shape index (κ3) is 2.43. The molecule has 0 bridgehead atoms. The smallest absolute Gasteiger partial charge is 0.334 e. The van der Waals surface area contributed by atoms with Gasteiger partial charge in [0.15, 0.2) is 5.78 Å².